The molecule has 1 heterocycles. The van der Waals surface area contributed by atoms with Crippen LogP contribution in [0.5, 0.6) is 0 Å². The van der Waals surface area contributed by atoms with Crippen molar-refractivity contribution >= 4 is 17.9 Å². The second-order valence-electron chi connectivity index (χ2n) is 11.8. The molecule has 234 valence electrons. The molecule has 0 aromatic heterocycles. The summed E-state index contributed by atoms with van der Waals surface area (Å²) >= 11 is 0. The molecule has 0 saturated carbocycles. The molecule has 4 rings (SSSR count). The SMILES string of the molecule is COC(=O)NCc1ccccc1-c1ccc(CN2Cc3ccccc3C[C@@H](NC(=O)CC(C)(C)NC[C@H](O)CO)C2=O)cc1. The fourth-order valence-electron chi connectivity index (χ4n) is 5.34. The van der Waals surface area contributed by atoms with Crippen molar-refractivity contribution in [1.82, 2.24) is 20.9 Å². The summed E-state index contributed by atoms with van der Waals surface area (Å²) in [5.41, 5.74) is 5.28. The van der Waals surface area contributed by atoms with E-state index in [1.807, 2.05) is 86.6 Å². The van der Waals surface area contributed by atoms with E-state index in [0.717, 1.165) is 33.4 Å². The van der Waals surface area contributed by atoms with E-state index in [9.17, 15) is 19.5 Å². The normalized spacial score (nSPS) is 15.6. The number of nitrogens with zero attached hydrogens (tertiary/aromatic N) is 1. The lowest BCUT2D eigenvalue weighted by Crippen LogP contribution is -2.51. The fourth-order valence-corrected chi connectivity index (χ4v) is 5.34. The Hall–Kier alpha value is -4.25. The monoisotopic (exact) mass is 602 g/mol. The number of methoxy groups -OCH3 is 1. The molecule has 10 nitrogen and oxygen atoms in total. The van der Waals surface area contributed by atoms with Crippen LogP contribution in [-0.4, -0.2) is 71.0 Å². The predicted molar refractivity (Wildman–Crippen MR) is 167 cm³/mol. The highest BCUT2D eigenvalue weighted by Crippen LogP contribution is 2.26. The van der Waals surface area contributed by atoms with Crippen molar-refractivity contribution in [3.05, 3.63) is 95.1 Å². The lowest BCUT2D eigenvalue weighted by atomic mass is 9.98. The zero-order valence-electron chi connectivity index (χ0n) is 25.5. The third kappa shape index (κ3) is 8.89. The molecule has 0 fully saturated rings. The van der Waals surface area contributed by atoms with Crippen LogP contribution in [0.2, 0.25) is 0 Å². The summed E-state index contributed by atoms with van der Waals surface area (Å²) in [5.74, 6) is -0.428. The maximum atomic E-state index is 13.8. The number of aliphatic hydroxyl groups is 2. The van der Waals surface area contributed by atoms with Crippen LogP contribution in [0.15, 0.2) is 72.8 Å². The maximum Gasteiger partial charge on any atom is 0.407 e. The van der Waals surface area contributed by atoms with Crippen LogP contribution in [0.3, 0.4) is 0 Å². The summed E-state index contributed by atoms with van der Waals surface area (Å²) in [5, 5.41) is 27.6. The minimum Gasteiger partial charge on any atom is -0.453 e. The van der Waals surface area contributed by atoms with Gasteiger partial charge >= 0.3 is 6.09 Å². The van der Waals surface area contributed by atoms with Gasteiger partial charge in [-0.25, -0.2) is 4.79 Å². The van der Waals surface area contributed by atoms with Crippen molar-refractivity contribution in [2.24, 2.45) is 0 Å². The van der Waals surface area contributed by atoms with E-state index in [1.165, 1.54) is 7.11 Å². The summed E-state index contributed by atoms with van der Waals surface area (Å²) in [6.45, 7) is 4.59. The van der Waals surface area contributed by atoms with E-state index in [4.69, 9.17) is 9.84 Å². The van der Waals surface area contributed by atoms with Gasteiger partial charge in [0.1, 0.15) is 6.04 Å². The molecule has 2 atom stereocenters. The molecule has 0 radical (unpaired) electrons. The van der Waals surface area contributed by atoms with Gasteiger partial charge in [-0.3, -0.25) is 9.59 Å². The number of aliphatic hydroxyl groups excluding tert-OH is 2. The van der Waals surface area contributed by atoms with Crippen molar-refractivity contribution in [2.45, 2.75) is 64.0 Å². The Balaban J connectivity index is 1.48. The van der Waals surface area contributed by atoms with Gasteiger partial charge in [0, 0.05) is 44.6 Å². The van der Waals surface area contributed by atoms with Gasteiger partial charge in [-0.15, -0.1) is 0 Å². The van der Waals surface area contributed by atoms with Gasteiger partial charge in [-0.05, 0) is 47.2 Å². The Labute approximate surface area is 258 Å². The van der Waals surface area contributed by atoms with E-state index in [-0.39, 0.29) is 31.4 Å². The van der Waals surface area contributed by atoms with Crippen molar-refractivity contribution in [3.63, 3.8) is 0 Å². The van der Waals surface area contributed by atoms with Gasteiger partial charge in [0.2, 0.25) is 11.8 Å². The van der Waals surface area contributed by atoms with E-state index in [2.05, 4.69) is 16.0 Å². The zero-order valence-corrected chi connectivity index (χ0v) is 25.5. The molecule has 0 bridgehead atoms. The number of hydrogen-bond donors (Lipinski definition) is 5. The summed E-state index contributed by atoms with van der Waals surface area (Å²) in [6, 6.07) is 23.0. The summed E-state index contributed by atoms with van der Waals surface area (Å²) in [4.78, 5) is 40.3. The summed E-state index contributed by atoms with van der Waals surface area (Å²) in [6.07, 6.45) is -0.928. The molecule has 0 saturated heterocycles. The number of ether oxygens (including phenoxy) is 1. The first-order valence-corrected chi connectivity index (χ1v) is 14.8. The van der Waals surface area contributed by atoms with Crippen LogP contribution in [0, 0.1) is 0 Å². The number of carbonyl (C=O) groups excluding carboxylic acids is 3. The Morgan fingerprint density at radius 3 is 2.41 bits per heavy atom. The molecule has 1 aliphatic rings. The third-order valence-corrected chi connectivity index (χ3v) is 7.74. The molecule has 3 aromatic rings. The van der Waals surface area contributed by atoms with Crippen molar-refractivity contribution < 1.29 is 29.3 Å². The second kappa shape index (κ2) is 15.0. The number of benzene rings is 3. The van der Waals surface area contributed by atoms with Crippen molar-refractivity contribution in [3.8, 4) is 11.1 Å². The highest BCUT2D eigenvalue weighted by Gasteiger charge is 2.32. The Kier molecular flexibility index (Phi) is 11.1. The second-order valence-corrected chi connectivity index (χ2v) is 11.8. The molecule has 3 amide bonds. The number of amides is 3. The lowest BCUT2D eigenvalue weighted by Gasteiger charge is -2.29. The van der Waals surface area contributed by atoms with Crippen LogP contribution < -0.4 is 16.0 Å². The number of carbonyl (C=O) groups is 3. The van der Waals surface area contributed by atoms with Gasteiger partial charge in [-0.1, -0.05) is 72.8 Å². The Morgan fingerprint density at radius 2 is 1.70 bits per heavy atom. The first-order valence-electron chi connectivity index (χ1n) is 14.8. The number of β-amino-alcohol motifs (C(OH)–C–C–N with tert-alkyl or cyclic N) is 1. The topological polar surface area (TPSA) is 140 Å². The zero-order chi connectivity index (χ0) is 31.7. The van der Waals surface area contributed by atoms with Gasteiger partial charge < -0.3 is 35.8 Å². The quantitative estimate of drug-likeness (QED) is 0.215. The number of rotatable bonds is 12. The lowest BCUT2D eigenvalue weighted by molar-refractivity contribution is -0.137. The van der Waals surface area contributed by atoms with Crippen molar-refractivity contribution in [1.29, 1.82) is 0 Å². The molecular formula is C34H42N4O6. The van der Waals surface area contributed by atoms with Crippen LogP contribution >= 0.6 is 0 Å². The smallest absolute Gasteiger partial charge is 0.407 e. The van der Waals surface area contributed by atoms with Gasteiger partial charge in [-0.2, -0.15) is 0 Å². The van der Waals surface area contributed by atoms with E-state index in [0.29, 0.717) is 26.1 Å². The highest BCUT2D eigenvalue weighted by atomic mass is 16.5. The van der Waals surface area contributed by atoms with Gasteiger partial charge in [0.25, 0.3) is 0 Å². The Bertz CT molecular complexity index is 1440. The molecule has 0 unspecified atom stereocenters. The van der Waals surface area contributed by atoms with Crippen LogP contribution in [0.25, 0.3) is 11.1 Å². The van der Waals surface area contributed by atoms with Crippen LogP contribution in [-0.2, 0) is 40.4 Å². The maximum absolute atomic E-state index is 13.8. The van der Waals surface area contributed by atoms with Crippen LogP contribution in [0.4, 0.5) is 4.79 Å². The van der Waals surface area contributed by atoms with E-state index in [1.54, 1.807) is 4.90 Å². The number of hydrogen-bond acceptors (Lipinski definition) is 7. The predicted octanol–water partition coefficient (Wildman–Crippen LogP) is 2.89. The first kappa shape index (κ1) is 32.7. The molecule has 0 spiro atoms. The molecule has 44 heavy (non-hydrogen) atoms. The minimum absolute atomic E-state index is 0.0919. The molecule has 3 aromatic carbocycles. The summed E-state index contributed by atoms with van der Waals surface area (Å²) < 4.78 is 4.69. The largest absolute Gasteiger partial charge is 0.453 e. The Morgan fingerprint density at radius 1 is 1.02 bits per heavy atom. The minimum atomic E-state index is -0.918. The number of alkyl carbamates (subject to hydrolysis) is 1. The molecule has 0 aliphatic carbocycles. The first-order chi connectivity index (χ1) is 21.1. The number of fused-ring (bicyclic) bond motifs is 1. The third-order valence-electron chi connectivity index (χ3n) is 7.74. The fraction of sp³-hybridized carbons (Fsp3) is 0.382. The summed E-state index contributed by atoms with van der Waals surface area (Å²) in [7, 11) is 1.33. The average molecular weight is 603 g/mol. The molecular weight excluding hydrogens is 560 g/mol. The molecule has 1 aliphatic heterocycles. The number of nitrogens with one attached hydrogen (secondary N) is 3. The standard InChI is InChI=1S/C34H42N4O6/c1-34(2,36-19-28(40)22-39)17-31(41)37-30-16-25-8-4-5-10-27(25)21-38(32(30)42)20-23-12-14-24(15-13-23)29-11-7-6-9-26(29)18-35-33(43)44-3/h4-15,28,30,36,39-40H,16-22H2,1-3H3,(H,35,43)(H,37,41)/t28-,30+/m0/s1. The van der Waals surface area contributed by atoms with Crippen LogP contribution in [0.1, 0.15) is 42.5 Å². The van der Waals surface area contributed by atoms with E-state index < -0.39 is 23.8 Å². The van der Waals surface area contributed by atoms with E-state index >= 15 is 0 Å². The van der Waals surface area contributed by atoms with Crippen molar-refractivity contribution in [2.75, 3.05) is 20.3 Å². The van der Waals surface area contributed by atoms with Gasteiger partial charge in [0.05, 0.1) is 19.8 Å². The average Bonchev–Trinajstić information content (AvgIpc) is 3.14. The molecule has 10 heteroatoms. The molecule has 5 N–H and O–H groups in total. The van der Waals surface area contributed by atoms with Gasteiger partial charge in [0.15, 0.2) is 0 Å². The highest BCUT2D eigenvalue weighted by molar-refractivity contribution is 5.89.